The van der Waals surface area contributed by atoms with Crippen LogP contribution in [0, 0.1) is 0 Å². The fraction of sp³-hybridized carbons (Fsp3) is 0.333. The second-order valence-electron chi connectivity index (χ2n) is 2.86. The highest BCUT2D eigenvalue weighted by Gasteiger charge is 2.24. The SMILES string of the molecule is CON1C(=O)CCc2cccnc21. The summed E-state index contributed by atoms with van der Waals surface area (Å²) in [7, 11) is 1.47. The Hall–Kier alpha value is -1.42. The minimum atomic E-state index is -0.0336. The number of carbonyl (C=O) groups excluding carboxylic acids is 1. The van der Waals surface area contributed by atoms with Gasteiger partial charge in [0.15, 0.2) is 5.82 Å². The Morgan fingerprint density at radius 1 is 1.54 bits per heavy atom. The van der Waals surface area contributed by atoms with Crippen LogP contribution in [0.1, 0.15) is 12.0 Å². The third-order valence-electron chi connectivity index (χ3n) is 2.08. The van der Waals surface area contributed by atoms with Crippen LogP contribution in [-0.4, -0.2) is 18.0 Å². The van der Waals surface area contributed by atoms with Gasteiger partial charge in [-0.15, -0.1) is 0 Å². The fourth-order valence-corrected chi connectivity index (χ4v) is 1.46. The van der Waals surface area contributed by atoms with E-state index in [1.54, 1.807) is 6.20 Å². The maximum atomic E-state index is 11.3. The van der Waals surface area contributed by atoms with E-state index in [-0.39, 0.29) is 5.91 Å². The number of anilines is 1. The second kappa shape index (κ2) is 3.14. The van der Waals surface area contributed by atoms with Crippen LogP contribution < -0.4 is 5.06 Å². The van der Waals surface area contributed by atoms with E-state index in [2.05, 4.69) is 4.98 Å². The fourth-order valence-electron chi connectivity index (χ4n) is 1.46. The van der Waals surface area contributed by atoms with Crippen LogP contribution >= 0.6 is 0 Å². The van der Waals surface area contributed by atoms with Gasteiger partial charge in [0.2, 0.25) is 0 Å². The number of amides is 1. The summed E-state index contributed by atoms with van der Waals surface area (Å²) in [6, 6.07) is 3.82. The molecule has 2 rings (SSSR count). The minimum Gasteiger partial charge on any atom is -0.272 e. The average molecular weight is 178 g/mol. The highest BCUT2D eigenvalue weighted by atomic mass is 16.7. The summed E-state index contributed by atoms with van der Waals surface area (Å²) < 4.78 is 0. The quantitative estimate of drug-likeness (QED) is 0.642. The summed E-state index contributed by atoms with van der Waals surface area (Å²) in [4.78, 5) is 20.4. The van der Waals surface area contributed by atoms with Crippen molar-refractivity contribution in [3.63, 3.8) is 0 Å². The van der Waals surface area contributed by atoms with E-state index >= 15 is 0 Å². The molecule has 1 aromatic rings. The first kappa shape index (κ1) is 8.19. The number of aryl methyl sites for hydroxylation is 1. The maximum absolute atomic E-state index is 11.3. The molecule has 0 N–H and O–H groups in total. The van der Waals surface area contributed by atoms with Gasteiger partial charge in [-0.2, -0.15) is 5.06 Å². The number of hydrogen-bond acceptors (Lipinski definition) is 3. The highest BCUT2D eigenvalue weighted by molar-refractivity contribution is 5.93. The summed E-state index contributed by atoms with van der Waals surface area (Å²) >= 11 is 0. The number of hydrogen-bond donors (Lipinski definition) is 0. The van der Waals surface area contributed by atoms with Crippen molar-refractivity contribution in [3.8, 4) is 0 Å². The van der Waals surface area contributed by atoms with Crippen LogP contribution in [0.5, 0.6) is 0 Å². The molecule has 0 aliphatic carbocycles. The second-order valence-corrected chi connectivity index (χ2v) is 2.86. The van der Waals surface area contributed by atoms with Crippen LogP contribution in [0.3, 0.4) is 0 Å². The number of fused-ring (bicyclic) bond motifs is 1. The zero-order chi connectivity index (χ0) is 9.26. The standard InChI is InChI=1S/C9H10N2O2/c1-13-11-8(12)5-4-7-3-2-6-10-9(7)11/h2-3,6H,4-5H2,1H3. The van der Waals surface area contributed by atoms with Crippen molar-refractivity contribution in [1.82, 2.24) is 4.98 Å². The van der Waals surface area contributed by atoms with Crippen LogP contribution in [0.4, 0.5) is 5.82 Å². The lowest BCUT2D eigenvalue weighted by Crippen LogP contribution is -2.34. The van der Waals surface area contributed by atoms with Gasteiger partial charge < -0.3 is 0 Å². The molecule has 0 spiro atoms. The number of nitrogens with zero attached hydrogens (tertiary/aromatic N) is 2. The van der Waals surface area contributed by atoms with Crippen molar-refractivity contribution in [3.05, 3.63) is 23.9 Å². The molecule has 13 heavy (non-hydrogen) atoms. The van der Waals surface area contributed by atoms with E-state index in [9.17, 15) is 4.79 Å². The predicted octanol–water partition coefficient (Wildman–Crippen LogP) is 0.922. The molecule has 0 saturated carbocycles. The molecule has 1 aliphatic rings. The summed E-state index contributed by atoms with van der Waals surface area (Å²) in [5.41, 5.74) is 1.06. The van der Waals surface area contributed by atoms with Crippen LogP contribution in [0.25, 0.3) is 0 Å². The zero-order valence-electron chi connectivity index (χ0n) is 7.36. The molecule has 68 valence electrons. The predicted molar refractivity (Wildman–Crippen MR) is 47.1 cm³/mol. The summed E-state index contributed by atoms with van der Waals surface area (Å²) in [5, 5.41) is 1.25. The lowest BCUT2D eigenvalue weighted by Gasteiger charge is -2.24. The van der Waals surface area contributed by atoms with E-state index in [0.29, 0.717) is 12.2 Å². The summed E-state index contributed by atoms with van der Waals surface area (Å²) in [6.07, 6.45) is 2.90. The lowest BCUT2D eigenvalue weighted by molar-refractivity contribution is -0.125. The molecule has 0 unspecified atom stereocenters. The number of hydroxylamine groups is 1. The van der Waals surface area contributed by atoms with Gasteiger partial charge >= 0.3 is 0 Å². The average Bonchev–Trinajstić information content (AvgIpc) is 2.18. The van der Waals surface area contributed by atoms with Gasteiger partial charge in [0, 0.05) is 12.6 Å². The molecular formula is C9H10N2O2. The molecule has 0 atom stereocenters. The van der Waals surface area contributed by atoms with Gasteiger partial charge in [-0.25, -0.2) is 4.98 Å². The van der Waals surface area contributed by atoms with Crippen molar-refractivity contribution in [2.45, 2.75) is 12.8 Å². The first-order chi connectivity index (χ1) is 6.33. The minimum absolute atomic E-state index is 0.0336. The van der Waals surface area contributed by atoms with Crippen LogP contribution in [-0.2, 0) is 16.1 Å². The Balaban J connectivity index is 2.45. The van der Waals surface area contributed by atoms with Gasteiger partial charge in [-0.1, -0.05) is 6.07 Å². The summed E-state index contributed by atoms with van der Waals surface area (Å²) in [6.45, 7) is 0. The normalized spacial score (nSPS) is 15.8. The molecule has 0 bridgehead atoms. The van der Waals surface area contributed by atoms with Crippen molar-refractivity contribution >= 4 is 11.7 Å². The Bertz CT molecular complexity index is 338. The Labute approximate surface area is 76.1 Å². The number of carbonyl (C=O) groups is 1. The van der Waals surface area contributed by atoms with Crippen molar-refractivity contribution in [1.29, 1.82) is 0 Å². The third kappa shape index (κ3) is 1.29. The van der Waals surface area contributed by atoms with E-state index in [1.165, 1.54) is 12.2 Å². The van der Waals surface area contributed by atoms with Crippen LogP contribution in [0.2, 0.25) is 0 Å². The van der Waals surface area contributed by atoms with E-state index in [1.807, 2.05) is 12.1 Å². The smallest absolute Gasteiger partial charge is 0.252 e. The first-order valence-electron chi connectivity index (χ1n) is 4.14. The molecule has 0 saturated heterocycles. The van der Waals surface area contributed by atoms with Gasteiger partial charge in [0.05, 0.1) is 7.11 Å². The maximum Gasteiger partial charge on any atom is 0.252 e. The molecule has 4 nitrogen and oxygen atoms in total. The highest BCUT2D eigenvalue weighted by Crippen LogP contribution is 2.24. The number of rotatable bonds is 1. The van der Waals surface area contributed by atoms with E-state index < -0.39 is 0 Å². The Kier molecular flexibility index (Phi) is 1.98. The number of aromatic nitrogens is 1. The van der Waals surface area contributed by atoms with Crippen LogP contribution in [0.15, 0.2) is 18.3 Å². The zero-order valence-corrected chi connectivity index (χ0v) is 7.36. The summed E-state index contributed by atoms with van der Waals surface area (Å²) in [5.74, 6) is 0.593. The third-order valence-corrected chi connectivity index (χ3v) is 2.08. The first-order valence-corrected chi connectivity index (χ1v) is 4.14. The largest absolute Gasteiger partial charge is 0.272 e. The van der Waals surface area contributed by atoms with E-state index in [0.717, 1.165) is 12.0 Å². The van der Waals surface area contributed by atoms with Crippen molar-refractivity contribution in [2.24, 2.45) is 0 Å². The molecule has 1 amide bonds. The number of pyridine rings is 1. The van der Waals surface area contributed by atoms with Gasteiger partial charge in [0.1, 0.15) is 0 Å². The molecule has 1 aromatic heterocycles. The van der Waals surface area contributed by atoms with Gasteiger partial charge in [0.25, 0.3) is 5.91 Å². The Morgan fingerprint density at radius 3 is 3.15 bits per heavy atom. The molecule has 0 fully saturated rings. The monoisotopic (exact) mass is 178 g/mol. The molecular weight excluding hydrogens is 168 g/mol. The van der Waals surface area contributed by atoms with Gasteiger partial charge in [-0.05, 0) is 18.1 Å². The molecule has 4 heteroatoms. The van der Waals surface area contributed by atoms with Crippen molar-refractivity contribution in [2.75, 3.05) is 12.2 Å². The topological polar surface area (TPSA) is 42.4 Å². The lowest BCUT2D eigenvalue weighted by atomic mass is 10.1. The molecule has 2 heterocycles. The molecule has 0 aromatic carbocycles. The van der Waals surface area contributed by atoms with Gasteiger partial charge in [-0.3, -0.25) is 9.63 Å². The molecule has 0 radical (unpaired) electrons. The Morgan fingerprint density at radius 2 is 2.38 bits per heavy atom. The van der Waals surface area contributed by atoms with E-state index in [4.69, 9.17) is 4.84 Å². The molecule has 1 aliphatic heterocycles. The van der Waals surface area contributed by atoms with Crippen molar-refractivity contribution < 1.29 is 9.63 Å².